The fourth-order valence-corrected chi connectivity index (χ4v) is 5.65. The third-order valence-electron chi connectivity index (χ3n) is 7.34. The number of hydrogen-bond acceptors (Lipinski definition) is 4. The number of ether oxygens (including phenoxy) is 2. The largest absolute Gasteiger partial charge is 0.484 e. The molecule has 1 saturated carbocycles. The molecule has 4 aromatic carbocycles. The van der Waals surface area contributed by atoms with Crippen molar-refractivity contribution in [2.24, 2.45) is 11.0 Å². The van der Waals surface area contributed by atoms with Gasteiger partial charge >= 0.3 is 0 Å². The van der Waals surface area contributed by atoms with Gasteiger partial charge in [0.1, 0.15) is 17.2 Å². The standard InChI is InChI=1S/C34H28Cl2N2O3/c35-26-13-9-23(10-14-26)21-25-5-4-8-31-33(25)37-38(34(31)24-11-15-27(36)16-12-24)32(39)22-40-28-17-19-30(20-18-28)41-29-6-2-1-3-7-29/h1-3,6-7,9-21,31,34H,4-5,8,22H2/b25-21-/t31-,34-/m1/s1. The molecule has 1 fully saturated rings. The lowest BCUT2D eigenvalue weighted by Crippen LogP contribution is -2.34. The molecule has 1 amide bonds. The van der Waals surface area contributed by atoms with Crippen molar-refractivity contribution < 1.29 is 14.3 Å². The van der Waals surface area contributed by atoms with E-state index in [0.29, 0.717) is 21.5 Å². The van der Waals surface area contributed by atoms with Crippen LogP contribution < -0.4 is 9.47 Å². The first-order valence-electron chi connectivity index (χ1n) is 13.6. The van der Waals surface area contributed by atoms with Crippen LogP contribution in [0, 0.1) is 5.92 Å². The number of hydrogen-bond donors (Lipinski definition) is 0. The molecule has 1 heterocycles. The number of halogens is 2. The van der Waals surface area contributed by atoms with E-state index in [1.807, 2.05) is 91.0 Å². The first-order valence-corrected chi connectivity index (χ1v) is 14.4. The highest BCUT2D eigenvalue weighted by atomic mass is 35.5. The molecular formula is C34H28Cl2N2O3. The van der Waals surface area contributed by atoms with Crippen LogP contribution in [0.25, 0.3) is 6.08 Å². The van der Waals surface area contributed by atoms with E-state index in [-0.39, 0.29) is 24.5 Å². The number of carbonyl (C=O) groups is 1. The molecule has 0 radical (unpaired) electrons. The fourth-order valence-electron chi connectivity index (χ4n) is 5.40. The minimum absolute atomic E-state index is 0.0850. The summed E-state index contributed by atoms with van der Waals surface area (Å²) in [4.78, 5) is 13.6. The van der Waals surface area contributed by atoms with E-state index in [4.69, 9.17) is 37.8 Å². The topological polar surface area (TPSA) is 51.1 Å². The van der Waals surface area contributed by atoms with Gasteiger partial charge in [-0.3, -0.25) is 4.79 Å². The molecule has 0 N–H and O–H groups in total. The number of fused-ring (bicyclic) bond motifs is 1. The van der Waals surface area contributed by atoms with Crippen molar-refractivity contribution in [3.63, 3.8) is 0 Å². The Labute approximate surface area is 249 Å². The number of benzene rings is 4. The predicted octanol–water partition coefficient (Wildman–Crippen LogP) is 8.99. The molecule has 0 bridgehead atoms. The van der Waals surface area contributed by atoms with Gasteiger partial charge in [-0.25, -0.2) is 5.01 Å². The van der Waals surface area contributed by atoms with Gasteiger partial charge in [0.05, 0.1) is 11.8 Å². The maximum Gasteiger partial charge on any atom is 0.281 e. The zero-order chi connectivity index (χ0) is 28.2. The molecule has 2 aliphatic rings. The van der Waals surface area contributed by atoms with Crippen LogP contribution in [0.3, 0.4) is 0 Å². The minimum Gasteiger partial charge on any atom is -0.484 e. The number of para-hydroxylation sites is 1. The number of nitrogens with zero attached hydrogens (tertiary/aromatic N) is 2. The van der Waals surface area contributed by atoms with E-state index in [2.05, 4.69) is 6.08 Å². The minimum atomic E-state index is -0.228. The molecule has 1 aliphatic heterocycles. The summed E-state index contributed by atoms with van der Waals surface area (Å²) in [6.45, 7) is -0.136. The van der Waals surface area contributed by atoms with Gasteiger partial charge in [0.25, 0.3) is 5.91 Å². The summed E-state index contributed by atoms with van der Waals surface area (Å²) in [6, 6.07) is 32.0. The van der Waals surface area contributed by atoms with Crippen LogP contribution in [-0.4, -0.2) is 23.2 Å². The van der Waals surface area contributed by atoms with E-state index in [1.54, 1.807) is 17.1 Å². The molecule has 41 heavy (non-hydrogen) atoms. The van der Waals surface area contributed by atoms with Crippen LogP contribution in [0.15, 0.2) is 114 Å². The molecule has 0 aromatic heterocycles. The Morgan fingerprint density at radius 3 is 2.17 bits per heavy atom. The first kappa shape index (κ1) is 27.1. The average Bonchev–Trinajstić information content (AvgIpc) is 3.40. The smallest absolute Gasteiger partial charge is 0.281 e. The van der Waals surface area contributed by atoms with Crippen LogP contribution >= 0.6 is 23.2 Å². The highest BCUT2D eigenvalue weighted by Crippen LogP contribution is 2.44. The van der Waals surface area contributed by atoms with Gasteiger partial charge in [0, 0.05) is 16.0 Å². The summed E-state index contributed by atoms with van der Waals surface area (Å²) >= 11 is 12.3. The maximum atomic E-state index is 13.6. The van der Waals surface area contributed by atoms with Gasteiger partial charge in [-0.05, 0) is 103 Å². The monoisotopic (exact) mass is 582 g/mol. The van der Waals surface area contributed by atoms with Crippen LogP contribution in [0.5, 0.6) is 17.2 Å². The predicted molar refractivity (Wildman–Crippen MR) is 164 cm³/mol. The van der Waals surface area contributed by atoms with Crippen molar-refractivity contribution in [3.8, 4) is 17.2 Å². The van der Waals surface area contributed by atoms with Crippen LogP contribution in [0.4, 0.5) is 0 Å². The van der Waals surface area contributed by atoms with Crippen molar-refractivity contribution in [1.29, 1.82) is 0 Å². The second kappa shape index (κ2) is 12.2. The summed E-state index contributed by atoms with van der Waals surface area (Å²) in [6.07, 6.45) is 5.02. The maximum absolute atomic E-state index is 13.6. The van der Waals surface area contributed by atoms with E-state index in [0.717, 1.165) is 47.4 Å². The van der Waals surface area contributed by atoms with Crippen molar-refractivity contribution in [2.75, 3.05) is 6.61 Å². The zero-order valence-electron chi connectivity index (χ0n) is 22.3. The molecule has 1 aliphatic carbocycles. The van der Waals surface area contributed by atoms with Gasteiger partial charge in [-0.1, -0.05) is 65.7 Å². The number of hydrazone groups is 1. The van der Waals surface area contributed by atoms with E-state index < -0.39 is 0 Å². The van der Waals surface area contributed by atoms with Gasteiger partial charge in [0.2, 0.25) is 0 Å². The molecule has 206 valence electrons. The Balaban J connectivity index is 1.22. The number of carbonyl (C=O) groups excluding carboxylic acids is 1. The summed E-state index contributed by atoms with van der Waals surface area (Å²) in [5.74, 6) is 1.90. The second-order valence-corrected chi connectivity index (χ2v) is 11.0. The molecule has 0 unspecified atom stereocenters. The average molecular weight is 584 g/mol. The van der Waals surface area contributed by atoms with E-state index in [9.17, 15) is 4.79 Å². The Kier molecular flexibility index (Phi) is 8.08. The van der Waals surface area contributed by atoms with E-state index >= 15 is 0 Å². The third kappa shape index (κ3) is 6.32. The lowest BCUT2D eigenvalue weighted by molar-refractivity contribution is -0.135. The van der Waals surface area contributed by atoms with Crippen molar-refractivity contribution in [1.82, 2.24) is 5.01 Å². The Morgan fingerprint density at radius 2 is 1.46 bits per heavy atom. The molecule has 2 atom stereocenters. The molecule has 0 spiro atoms. The van der Waals surface area contributed by atoms with E-state index in [1.165, 1.54) is 0 Å². The Morgan fingerprint density at radius 1 is 0.829 bits per heavy atom. The lowest BCUT2D eigenvalue weighted by Gasteiger charge is -2.29. The molecule has 4 aromatic rings. The van der Waals surface area contributed by atoms with Crippen molar-refractivity contribution in [3.05, 3.63) is 130 Å². The number of amides is 1. The summed E-state index contributed by atoms with van der Waals surface area (Å²) in [7, 11) is 0. The van der Waals surface area contributed by atoms with Gasteiger partial charge in [-0.2, -0.15) is 5.10 Å². The SMILES string of the molecule is O=C(COc1ccc(Oc2ccccc2)cc1)N1N=C2/C(=C\c3ccc(Cl)cc3)CCC[C@H]2[C@H]1c1ccc(Cl)cc1. The van der Waals surface area contributed by atoms with Crippen LogP contribution in [0.2, 0.25) is 10.0 Å². The highest BCUT2D eigenvalue weighted by Gasteiger charge is 2.43. The van der Waals surface area contributed by atoms with Gasteiger partial charge in [0.15, 0.2) is 6.61 Å². The number of allylic oxidation sites excluding steroid dienone is 1. The molecule has 6 rings (SSSR count). The molecule has 5 nitrogen and oxygen atoms in total. The lowest BCUT2D eigenvalue weighted by atomic mass is 9.77. The zero-order valence-corrected chi connectivity index (χ0v) is 23.8. The van der Waals surface area contributed by atoms with Gasteiger partial charge in [-0.15, -0.1) is 0 Å². The first-order chi connectivity index (χ1) is 20.0. The molecular weight excluding hydrogens is 555 g/mol. The normalized spacial score (nSPS) is 19.0. The van der Waals surface area contributed by atoms with Crippen molar-refractivity contribution >= 4 is 40.9 Å². The summed E-state index contributed by atoms with van der Waals surface area (Å²) in [5.41, 5.74) is 4.17. The van der Waals surface area contributed by atoms with Crippen molar-refractivity contribution in [2.45, 2.75) is 25.3 Å². The van der Waals surface area contributed by atoms with Crippen LogP contribution in [0.1, 0.15) is 36.4 Å². The van der Waals surface area contributed by atoms with Crippen LogP contribution in [-0.2, 0) is 4.79 Å². The molecule has 0 saturated heterocycles. The third-order valence-corrected chi connectivity index (χ3v) is 7.85. The van der Waals surface area contributed by atoms with Gasteiger partial charge < -0.3 is 9.47 Å². The summed E-state index contributed by atoms with van der Waals surface area (Å²) in [5, 5.41) is 7.89. The fraction of sp³-hybridized carbons (Fsp3) is 0.176. The number of rotatable bonds is 7. The Bertz CT molecular complexity index is 1570. The quantitative estimate of drug-likeness (QED) is 0.218. The summed E-state index contributed by atoms with van der Waals surface area (Å²) < 4.78 is 11.8. The Hall–Kier alpha value is -4.06. The molecule has 7 heteroatoms. The second-order valence-electron chi connectivity index (χ2n) is 10.1. The highest BCUT2D eigenvalue weighted by molar-refractivity contribution is 6.30.